The highest BCUT2D eigenvalue weighted by molar-refractivity contribution is 5.82. The number of amides is 1. The Bertz CT molecular complexity index is 422. The maximum Gasteiger partial charge on any atom is 0.253 e. The lowest BCUT2D eigenvalue weighted by Crippen LogP contribution is -2.65. The average Bonchev–Trinajstić information content (AvgIpc) is 2.44. The van der Waals surface area contributed by atoms with Gasteiger partial charge in [-0.1, -0.05) is 30.3 Å². The molecule has 0 heterocycles. The van der Waals surface area contributed by atoms with Gasteiger partial charge in [-0.2, -0.15) is 0 Å². The van der Waals surface area contributed by atoms with Crippen molar-refractivity contribution in [3.05, 3.63) is 35.9 Å². The number of benzene rings is 1. The van der Waals surface area contributed by atoms with Crippen molar-refractivity contribution in [1.29, 1.82) is 0 Å². The van der Waals surface area contributed by atoms with E-state index in [2.05, 4.69) is 5.32 Å². The van der Waals surface area contributed by atoms with Gasteiger partial charge in [0, 0.05) is 12.6 Å². The Hall–Kier alpha value is -1.43. The molecule has 0 spiro atoms. The van der Waals surface area contributed by atoms with Crippen molar-refractivity contribution in [2.24, 2.45) is 5.73 Å². The summed E-state index contributed by atoms with van der Waals surface area (Å²) in [5.41, 5.74) is 6.42. The van der Waals surface area contributed by atoms with Crippen molar-refractivity contribution >= 4 is 5.91 Å². The molecule has 2 rings (SSSR count). The lowest BCUT2D eigenvalue weighted by atomic mass is 9.83. The molecule has 0 bridgehead atoms. The van der Waals surface area contributed by atoms with E-state index in [9.17, 15) is 9.90 Å². The Balaban J connectivity index is 1.93. The van der Waals surface area contributed by atoms with E-state index in [1.807, 2.05) is 13.0 Å². The predicted octanol–water partition coefficient (Wildman–Crippen LogP) is 0.341. The largest absolute Gasteiger partial charge is 0.378 e. The molecule has 104 valence electrons. The van der Waals surface area contributed by atoms with Gasteiger partial charge in [0.25, 0.3) is 5.91 Å². The van der Waals surface area contributed by atoms with E-state index in [0.29, 0.717) is 12.2 Å². The van der Waals surface area contributed by atoms with E-state index in [0.717, 1.165) is 6.42 Å². The molecule has 19 heavy (non-hydrogen) atoms. The highest BCUT2D eigenvalue weighted by Gasteiger charge is 2.41. The predicted molar refractivity (Wildman–Crippen MR) is 71.3 cm³/mol. The maximum absolute atomic E-state index is 12.0. The number of rotatable bonds is 5. The summed E-state index contributed by atoms with van der Waals surface area (Å²) < 4.78 is 5.47. The van der Waals surface area contributed by atoms with Gasteiger partial charge in [0.1, 0.15) is 0 Å². The van der Waals surface area contributed by atoms with Crippen molar-refractivity contribution < 1.29 is 14.6 Å². The molecule has 4 unspecified atom stereocenters. The van der Waals surface area contributed by atoms with E-state index in [-0.39, 0.29) is 18.2 Å². The van der Waals surface area contributed by atoms with E-state index in [1.165, 1.54) is 0 Å². The zero-order valence-electron chi connectivity index (χ0n) is 11.0. The van der Waals surface area contributed by atoms with E-state index in [1.54, 1.807) is 24.3 Å². The van der Waals surface area contributed by atoms with Gasteiger partial charge in [-0.05, 0) is 18.9 Å². The lowest BCUT2D eigenvalue weighted by molar-refractivity contribution is -0.134. The number of aliphatic hydroxyl groups excluding tert-OH is 1. The first-order chi connectivity index (χ1) is 9.13. The minimum Gasteiger partial charge on any atom is -0.378 e. The number of aliphatic hydroxyl groups is 1. The molecule has 1 saturated carbocycles. The topological polar surface area (TPSA) is 84.6 Å². The first-order valence-corrected chi connectivity index (χ1v) is 6.54. The normalized spacial score (nSPS) is 27.4. The van der Waals surface area contributed by atoms with Crippen LogP contribution in [0.5, 0.6) is 0 Å². The third-order valence-corrected chi connectivity index (χ3v) is 3.42. The molecule has 1 amide bonds. The SMILES string of the molecule is CCOC1CC(N)C1NC(=O)C(O)c1ccccc1. The number of ether oxygens (including phenoxy) is 1. The molecule has 4 N–H and O–H groups in total. The van der Waals surface area contributed by atoms with Crippen LogP contribution in [0.25, 0.3) is 0 Å². The van der Waals surface area contributed by atoms with Crippen molar-refractivity contribution in [3.8, 4) is 0 Å². The molecule has 0 aromatic heterocycles. The second-order valence-electron chi connectivity index (χ2n) is 4.74. The van der Waals surface area contributed by atoms with Gasteiger partial charge >= 0.3 is 0 Å². The zero-order chi connectivity index (χ0) is 13.8. The van der Waals surface area contributed by atoms with Gasteiger partial charge in [-0.25, -0.2) is 0 Å². The van der Waals surface area contributed by atoms with Crippen LogP contribution in [0.15, 0.2) is 30.3 Å². The number of nitrogens with one attached hydrogen (secondary N) is 1. The van der Waals surface area contributed by atoms with Gasteiger partial charge in [0.05, 0.1) is 12.1 Å². The smallest absolute Gasteiger partial charge is 0.253 e. The molecule has 0 aliphatic heterocycles. The first-order valence-electron chi connectivity index (χ1n) is 6.54. The molecule has 5 nitrogen and oxygen atoms in total. The fourth-order valence-corrected chi connectivity index (χ4v) is 2.26. The number of nitrogens with two attached hydrogens (primary N) is 1. The minimum atomic E-state index is -1.17. The van der Waals surface area contributed by atoms with Crippen molar-refractivity contribution in [2.45, 2.75) is 37.6 Å². The monoisotopic (exact) mass is 264 g/mol. The highest BCUT2D eigenvalue weighted by atomic mass is 16.5. The molecular weight excluding hydrogens is 244 g/mol. The summed E-state index contributed by atoms with van der Waals surface area (Å²) in [6.07, 6.45) is -0.483. The summed E-state index contributed by atoms with van der Waals surface area (Å²) in [5.74, 6) is -0.434. The van der Waals surface area contributed by atoms with Crippen LogP contribution in [0.4, 0.5) is 0 Å². The van der Waals surface area contributed by atoms with Crippen LogP contribution in [0.2, 0.25) is 0 Å². The standard InChI is InChI=1S/C14H20N2O3/c1-2-19-11-8-10(15)12(11)16-14(18)13(17)9-6-4-3-5-7-9/h3-7,10-13,17H,2,8,15H2,1H3,(H,16,18). The molecule has 0 radical (unpaired) electrons. The van der Waals surface area contributed by atoms with Crippen LogP contribution in [-0.2, 0) is 9.53 Å². The number of hydrogen-bond donors (Lipinski definition) is 3. The third kappa shape index (κ3) is 3.12. The lowest BCUT2D eigenvalue weighted by Gasteiger charge is -2.42. The first kappa shape index (κ1) is 14.0. The minimum absolute atomic E-state index is 0.0491. The third-order valence-electron chi connectivity index (χ3n) is 3.42. The summed E-state index contributed by atoms with van der Waals surface area (Å²) >= 11 is 0. The average molecular weight is 264 g/mol. The van der Waals surface area contributed by atoms with Crippen molar-refractivity contribution in [1.82, 2.24) is 5.32 Å². The van der Waals surface area contributed by atoms with Gasteiger partial charge < -0.3 is 20.9 Å². The molecule has 1 aliphatic rings. The van der Waals surface area contributed by atoms with E-state index >= 15 is 0 Å². The van der Waals surface area contributed by atoms with Crippen LogP contribution in [0, 0.1) is 0 Å². The Labute approximate surface area is 112 Å². The molecule has 4 atom stereocenters. The molecular formula is C14H20N2O3. The molecule has 1 aromatic carbocycles. The Morgan fingerprint density at radius 2 is 2.21 bits per heavy atom. The Kier molecular flexibility index (Phi) is 4.52. The van der Waals surface area contributed by atoms with Crippen LogP contribution in [0.1, 0.15) is 25.0 Å². The Morgan fingerprint density at radius 1 is 1.53 bits per heavy atom. The zero-order valence-corrected chi connectivity index (χ0v) is 11.0. The molecule has 1 aliphatic carbocycles. The van der Waals surface area contributed by atoms with Crippen LogP contribution in [0.3, 0.4) is 0 Å². The van der Waals surface area contributed by atoms with Crippen LogP contribution in [-0.4, -0.2) is 35.8 Å². The van der Waals surface area contributed by atoms with Gasteiger partial charge in [0.15, 0.2) is 6.10 Å². The van der Waals surface area contributed by atoms with Gasteiger partial charge in [-0.15, -0.1) is 0 Å². The second kappa shape index (κ2) is 6.14. The fourth-order valence-electron chi connectivity index (χ4n) is 2.26. The summed E-state index contributed by atoms with van der Waals surface area (Å²) in [5, 5.41) is 12.7. The highest BCUT2D eigenvalue weighted by Crippen LogP contribution is 2.23. The quantitative estimate of drug-likeness (QED) is 0.716. The molecule has 1 fully saturated rings. The van der Waals surface area contributed by atoms with E-state index in [4.69, 9.17) is 10.5 Å². The number of carbonyl (C=O) groups is 1. The molecule has 1 aromatic rings. The van der Waals surface area contributed by atoms with Crippen molar-refractivity contribution in [2.75, 3.05) is 6.61 Å². The van der Waals surface area contributed by atoms with Crippen molar-refractivity contribution in [3.63, 3.8) is 0 Å². The Morgan fingerprint density at radius 3 is 2.79 bits per heavy atom. The summed E-state index contributed by atoms with van der Waals surface area (Å²) in [4.78, 5) is 12.0. The number of hydrogen-bond acceptors (Lipinski definition) is 4. The molecule has 5 heteroatoms. The van der Waals surface area contributed by atoms with E-state index < -0.39 is 12.0 Å². The van der Waals surface area contributed by atoms with Gasteiger partial charge in [-0.3, -0.25) is 4.79 Å². The van der Waals surface area contributed by atoms with Gasteiger partial charge in [0.2, 0.25) is 0 Å². The number of carbonyl (C=O) groups excluding carboxylic acids is 1. The molecule has 0 saturated heterocycles. The van der Waals surface area contributed by atoms with Crippen LogP contribution >= 0.6 is 0 Å². The fraction of sp³-hybridized carbons (Fsp3) is 0.500. The summed E-state index contributed by atoms with van der Waals surface area (Å²) in [6, 6.07) is 8.50. The van der Waals surface area contributed by atoms with Crippen LogP contribution < -0.4 is 11.1 Å². The maximum atomic E-state index is 12.0. The second-order valence-corrected chi connectivity index (χ2v) is 4.74. The summed E-state index contributed by atoms with van der Waals surface area (Å²) in [6.45, 7) is 2.49. The summed E-state index contributed by atoms with van der Waals surface area (Å²) in [7, 11) is 0.